The summed E-state index contributed by atoms with van der Waals surface area (Å²) in [6, 6.07) is 12.3. The lowest BCUT2D eigenvalue weighted by atomic mass is 9.88. The topological polar surface area (TPSA) is 170 Å². The maximum Gasteiger partial charge on any atom is 0.320 e. The van der Waals surface area contributed by atoms with Crippen molar-refractivity contribution < 1.29 is 14.4 Å². The van der Waals surface area contributed by atoms with Gasteiger partial charge in [-0.15, -0.1) is 0 Å². The van der Waals surface area contributed by atoms with Gasteiger partial charge in [0.05, 0.1) is 24.1 Å². The Hall–Kier alpha value is -4.98. The predicted octanol–water partition coefficient (Wildman–Crippen LogP) is 3.25. The van der Waals surface area contributed by atoms with Crippen LogP contribution in [0.4, 0.5) is 27.8 Å². The van der Waals surface area contributed by atoms with Crippen LogP contribution in [-0.2, 0) is 0 Å². The Bertz CT molecular complexity index is 1700. The second-order valence-corrected chi connectivity index (χ2v) is 14.4. The molecule has 4 aliphatic rings. The Morgan fingerprint density at radius 2 is 1.59 bits per heavy atom. The zero-order valence-corrected chi connectivity index (χ0v) is 29.4. The number of rotatable bonds is 10. The van der Waals surface area contributed by atoms with Crippen LogP contribution in [0.1, 0.15) is 71.0 Å². The molecule has 0 bridgehead atoms. The number of nitrogens with zero attached hydrogens (tertiary/aromatic N) is 8. The van der Waals surface area contributed by atoms with Crippen LogP contribution >= 0.6 is 0 Å². The number of nitrogens with two attached hydrogens (primary N) is 2. The summed E-state index contributed by atoms with van der Waals surface area (Å²) < 4.78 is 0. The van der Waals surface area contributed by atoms with Crippen molar-refractivity contribution >= 4 is 40.9 Å². The van der Waals surface area contributed by atoms with Crippen molar-refractivity contribution in [3.63, 3.8) is 0 Å². The van der Waals surface area contributed by atoms with Crippen molar-refractivity contribution in [3.8, 4) is 0 Å². The van der Waals surface area contributed by atoms with E-state index in [0.717, 1.165) is 102 Å². The minimum absolute atomic E-state index is 0.0759. The highest BCUT2D eigenvalue weighted by atomic mass is 16.2. The van der Waals surface area contributed by atoms with Gasteiger partial charge in [-0.25, -0.2) is 19.7 Å². The minimum Gasteiger partial charge on any atom is -0.370 e. The van der Waals surface area contributed by atoms with E-state index in [2.05, 4.69) is 42.1 Å². The molecule has 14 heteroatoms. The van der Waals surface area contributed by atoms with E-state index in [4.69, 9.17) is 16.5 Å². The lowest BCUT2D eigenvalue weighted by Crippen LogP contribution is -2.49. The Labute approximate surface area is 299 Å². The fourth-order valence-corrected chi connectivity index (χ4v) is 8.11. The number of piperidine rings is 3. The maximum absolute atomic E-state index is 12.6. The van der Waals surface area contributed by atoms with E-state index < -0.39 is 11.8 Å². The molecule has 1 atom stereocenters. The molecule has 7 rings (SSSR count). The van der Waals surface area contributed by atoms with Crippen LogP contribution in [0.2, 0.25) is 0 Å². The summed E-state index contributed by atoms with van der Waals surface area (Å²) >= 11 is 0. The number of anilines is 4. The lowest BCUT2D eigenvalue weighted by Gasteiger charge is -2.38. The van der Waals surface area contributed by atoms with Gasteiger partial charge < -0.3 is 41.3 Å². The Morgan fingerprint density at radius 3 is 2.24 bits per heavy atom. The number of carbonyl (C=O) groups excluding carboxylic acids is 3. The van der Waals surface area contributed by atoms with Crippen LogP contribution in [0, 0.1) is 5.92 Å². The van der Waals surface area contributed by atoms with Crippen LogP contribution in [0.5, 0.6) is 0 Å². The van der Waals surface area contributed by atoms with E-state index >= 15 is 0 Å². The summed E-state index contributed by atoms with van der Waals surface area (Å²) in [6.45, 7) is 8.26. The molecule has 0 aliphatic carbocycles. The first-order chi connectivity index (χ1) is 24.7. The summed E-state index contributed by atoms with van der Waals surface area (Å²) in [5, 5.41) is 3.31. The monoisotopic (exact) mass is 695 g/mol. The molecule has 4 amide bonds. The molecule has 4 saturated heterocycles. The highest BCUT2D eigenvalue weighted by Crippen LogP contribution is 2.32. The Balaban J connectivity index is 0.908. The summed E-state index contributed by atoms with van der Waals surface area (Å²) in [6.07, 6.45) is 9.79. The fraction of sp³-hybridized carbons (Fsp3) is 0.514. The van der Waals surface area contributed by atoms with E-state index in [1.807, 2.05) is 30.1 Å². The lowest BCUT2D eigenvalue weighted by molar-refractivity contribution is 0.0987. The highest BCUT2D eigenvalue weighted by Gasteiger charge is 2.35. The molecule has 4 fully saturated rings. The first-order valence-electron chi connectivity index (χ1n) is 18.3. The van der Waals surface area contributed by atoms with Crippen molar-refractivity contribution in [2.24, 2.45) is 17.4 Å². The third kappa shape index (κ3) is 7.85. The van der Waals surface area contributed by atoms with E-state index in [0.29, 0.717) is 35.7 Å². The van der Waals surface area contributed by atoms with Gasteiger partial charge in [-0.1, -0.05) is 12.1 Å². The van der Waals surface area contributed by atoms with E-state index in [9.17, 15) is 14.4 Å². The molecule has 51 heavy (non-hydrogen) atoms. The molecule has 270 valence electrons. The summed E-state index contributed by atoms with van der Waals surface area (Å²) in [5.41, 5.74) is 14.6. The second-order valence-electron chi connectivity index (χ2n) is 14.4. The van der Waals surface area contributed by atoms with Crippen LogP contribution in [-0.4, -0.2) is 119 Å². The normalized spacial score (nSPS) is 21.0. The number of pyridine rings is 1. The van der Waals surface area contributed by atoms with Gasteiger partial charge in [-0.3, -0.25) is 9.59 Å². The number of hydrogen-bond acceptors (Lipinski definition) is 10. The van der Waals surface area contributed by atoms with Gasteiger partial charge in [0.1, 0.15) is 11.5 Å². The van der Waals surface area contributed by atoms with E-state index in [-0.39, 0.29) is 17.8 Å². The number of amides is 4. The molecule has 1 unspecified atom stereocenters. The Morgan fingerprint density at radius 1 is 0.824 bits per heavy atom. The van der Waals surface area contributed by atoms with Crippen LogP contribution in [0.25, 0.3) is 0 Å². The quantitative estimate of drug-likeness (QED) is 0.286. The van der Waals surface area contributed by atoms with Gasteiger partial charge in [0.15, 0.2) is 11.5 Å². The van der Waals surface area contributed by atoms with Crippen molar-refractivity contribution in [1.82, 2.24) is 29.7 Å². The average Bonchev–Trinajstić information content (AvgIpc) is 3.49. The zero-order chi connectivity index (χ0) is 35.5. The van der Waals surface area contributed by atoms with E-state index in [1.165, 1.54) is 5.56 Å². The van der Waals surface area contributed by atoms with Crippen molar-refractivity contribution in [1.29, 1.82) is 0 Å². The largest absolute Gasteiger partial charge is 0.370 e. The van der Waals surface area contributed by atoms with Gasteiger partial charge in [-0.05, 0) is 93.3 Å². The predicted molar refractivity (Wildman–Crippen MR) is 196 cm³/mol. The molecule has 2 aromatic heterocycles. The SMILES string of the molecule is CN1CCN(C2CCCN(c3cnc(C(N)=O)c(Nc4ccc(C5CCN(CC6CCN(c7ccc(C(N)=O)nc7)CC6)CC5)cc4)n3)C2)C1=O. The highest BCUT2D eigenvalue weighted by molar-refractivity contribution is 5.96. The number of likely N-dealkylation sites (tertiary alicyclic amines) is 1. The van der Waals surface area contributed by atoms with Crippen molar-refractivity contribution in [3.05, 3.63) is 65.7 Å². The molecule has 0 saturated carbocycles. The molecular weight excluding hydrogens is 646 g/mol. The first-order valence-corrected chi connectivity index (χ1v) is 18.3. The Kier molecular flexibility index (Phi) is 10.2. The van der Waals surface area contributed by atoms with Crippen LogP contribution in [0.3, 0.4) is 0 Å². The summed E-state index contributed by atoms with van der Waals surface area (Å²) in [4.78, 5) is 60.5. The number of hydrogen-bond donors (Lipinski definition) is 3. The average molecular weight is 696 g/mol. The third-order valence-electron chi connectivity index (χ3n) is 11.1. The van der Waals surface area contributed by atoms with Crippen LogP contribution in [0.15, 0.2) is 48.8 Å². The number of benzene rings is 1. The smallest absolute Gasteiger partial charge is 0.320 e. The van der Waals surface area contributed by atoms with Gasteiger partial charge in [-0.2, -0.15) is 0 Å². The number of nitrogens with one attached hydrogen (secondary N) is 1. The molecule has 3 aromatic rings. The van der Waals surface area contributed by atoms with Gasteiger partial charge in [0.2, 0.25) is 0 Å². The molecule has 0 spiro atoms. The molecule has 6 heterocycles. The summed E-state index contributed by atoms with van der Waals surface area (Å²) in [7, 11) is 1.84. The number of aromatic nitrogens is 3. The van der Waals surface area contributed by atoms with Gasteiger partial charge in [0, 0.05) is 58.5 Å². The van der Waals surface area contributed by atoms with Crippen molar-refractivity contribution in [2.75, 3.05) is 81.1 Å². The molecule has 4 aliphatic heterocycles. The zero-order valence-electron chi connectivity index (χ0n) is 29.4. The second kappa shape index (κ2) is 15.1. The van der Waals surface area contributed by atoms with Crippen molar-refractivity contribution in [2.45, 2.75) is 50.5 Å². The minimum atomic E-state index is -0.638. The molecule has 1 aromatic carbocycles. The standard InChI is InChI=1S/C37H49N11O3/c1-44-19-20-48(37(44)51)30-3-2-14-47(24-30)32-22-41-33(35(39)50)36(43-32)42-28-6-4-26(5-7-28)27-12-15-45(16-13-27)23-25-10-17-46(18-11-25)29-8-9-31(34(38)49)40-21-29/h4-9,21-22,25,27,30H,2-3,10-20,23-24H2,1H3,(H2,38,49)(H2,39,50)(H,42,43). The first kappa shape index (κ1) is 34.5. The molecule has 5 N–H and O–H groups in total. The number of primary amides is 2. The van der Waals surface area contributed by atoms with E-state index in [1.54, 1.807) is 23.4 Å². The number of likely N-dealkylation sites (N-methyl/N-ethyl adjacent to an activating group) is 1. The van der Waals surface area contributed by atoms with Gasteiger partial charge in [0.25, 0.3) is 11.8 Å². The summed E-state index contributed by atoms with van der Waals surface area (Å²) in [5.74, 6) is 1.05. The number of carbonyl (C=O) groups is 3. The van der Waals surface area contributed by atoms with Gasteiger partial charge >= 0.3 is 6.03 Å². The third-order valence-corrected chi connectivity index (χ3v) is 11.1. The fourth-order valence-electron chi connectivity index (χ4n) is 8.11. The molecule has 0 radical (unpaired) electrons. The maximum atomic E-state index is 12.6. The number of urea groups is 1. The molecule has 14 nitrogen and oxygen atoms in total. The molecular formula is C37H49N11O3. The van der Waals surface area contributed by atoms with Crippen LogP contribution < -0.4 is 26.6 Å².